The molecular formula is C18H19Cl2N3O4S. The third kappa shape index (κ3) is 5.85. The van der Waals surface area contributed by atoms with E-state index in [0.717, 1.165) is 16.1 Å². The lowest BCUT2D eigenvalue weighted by Crippen LogP contribution is -2.39. The molecule has 28 heavy (non-hydrogen) atoms. The van der Waals surface area contributed by atoms with Crippen LogP contribution in [0.15, 0.2) is 47.6 Å². The highest BCUT2D eigenvalue weighted by Crippen LogP contribution is 2.30. The number of nitrogens with one attached hydrogen (secondary N) is 1. The Bertz CT molecular complexity index is 992. The number of carbonyl (C=O) groups excluding carboxylic acids is 1. The number of amides is 1. The first kappa shape index (κ1) is 22.0. The summed E-state index contributed by atoms with van der Waals surface area (Å²) >= 11 is 12.0. The van der Waals surface area contributed by atoms with Crippen molar-refractivity contribution in [3.63, 3.8) is 0 Å². The van der Waals surface area contributed by atoms with E-state index in [0.29, 0.717) is 16.5 Å². The number of rotatable bonds is 7. The van der Waals surface area contributed by atoms with Crippen LogP contribution < -0.4 is 14.5 Å². The van der Waals surface area contributed by atoms with Gasteiger partial charge in [0.05, 0.1) is 29.8 Å². The minimum atomic E-state index is -3.78. The molecular weight excluding hydrogens is 425 g/mol. The van der Waals surface area contributed by atoms with Crippen molar-refractivity contribution >= 4 is 50.5 Å². The van der Waals surface area contributed by atoms with Crippen LogP contribution in [0, 0.1) is 0 Å². The molecule has 1 amide bonds. The largest absolute Gasteiger partial charge is 0.497 e. The van der Waals surface area contributed by atoms with E-state index in [4.69, 9.17) is 27.9 Å². The Kier molecular flexibility index (Phi) is 7.29. The van der Waals surface area contributed by atoms with Crippen molar-refractivity contribution in [1.29, 1.82) is 0 Å². The molecule has 0 saturated heterocycles. The molecule has 0 spiro atoms. The van der Waals surface area contributed by atoms with Crippen molar-refractivity contribution in [2.75, 3.05) is 24.2 Å². The Balaban J connectivity index is 2.16. The lowest BCUT2D eigenvalue weighted by atomic mass is 10.1. The van der Waals surface area contributed by atoms with Gasteiger partial charge in [-0.2, -0.15) is 5.10 Å². The number of halogens is 2. The van der Waals surface area contributed by atoms with Crippen molar-refractivity contribution in [1.82, 2.24) is 5.43 Å². The van der Waals surface area contributed by atoms with Crippen LogP contribution in [0.4, 0.5) is 5.69 Å². The highest BCUT2D eigenvalue weighted by atomic mass is 35.5. The van der Waals surface area contributed by atoms with Crippen LogP contribution >= 0.6 is 23.2 Å². The van der Waals surface area contributed by atoms with E-state index < -0.39 is 22.5 Å². The quantitative estimate of drug-likeness (QED) is 0.524. The minimum Gasteiger partial charge on any atom is -0.497 e. The topological polar surface area (TPSA) is 88.1 Å². The van der Waals surface area contributed by atoms with Crippen LogP contribution in [0.2, 0.25) is 10.0 Å². The van der Waals surface area contributed by atoms with Gasteiger partial charge in [-0.05, 0) is 55.0 Å². The third-order valence-electron chi connectivity index (χ3n) is 3.72. The van der Waals surface area contributed by atoms with E-state index in [1.54, 1.807) is 38.3 Å². The molecule has 0 unspecified atom stereocenters. The zero-order valence-corrected chi connectivity index (χ0v) is 17.8. The lowest BCUT2D eigenvalue weighted by Gasteiger charge is -2.22. The van der Waals surface area contributed by atoms with E-state index in [1.807, 2.05) is 0 Å². The molecule has 2 aromatic rings. The Morgan fingerprint density at radius 2 is 1.82 bits per heavy atom. The summed E-state index contributed by atoms with van der Waals surface area (Å²) in [5.74, 6) is 0.0668. The number of anilines is 1. The molecule has 0 fully saturated rings. The van der Waals surface area contributed by atoms with Gasteiger partial charge in [-0.25, -0.2) is 13.8 Å². The van der Waals surface area contributed by atoms with Gasteiger partial charge in [0, 0.05) is 5.02 Å². The number of hydrogen-bond acceptors (Lipinski definition) is 5. The predicted molar refractivity (Wildman–Crippen MR) is 112 cm³/mol. The van der Waals surface area contributed by atoms with E-state index >= 15 is 0 Å². The number of methoxy groups -OCH3 is 1. The Morgan fingerprint density at radius 1 is 1.18 bits per heavy atom. The van der Waals surface area contributed by atoms with Gasteiger partial charge < -0.3 is 4.74 Å². The highest BCUT2D eigenvalue weighted by molar-refractivity contribution is 7.92. The standard InChI is InChI=1S/C18H19Cl2N3O4S/c1-12(13-4-7-15(27-2)8-5-13)21-22-18(24)11-23(28(3,25)26)17-10-14(19)6-9-16(17)20/h4-10H,11H2,1-3H3,(H,22,24)/b21-12-. The summed E-state index contributed by atoms with van der Waals surface area (Å²) in [6.45, 7) is 1.21. The molecule has 0 bridgehead atoms. The van der Waals surface area contributed by atoms with Gasteiger partial charge >= 0.3 is 0 Å². The first-order valence-electron chi connectivity index (χ1n) is 8.02. The smallest absolute Gasteiger partial charge is 0.260 e. The number of sulfonamides is 1. The van der Waals surface area contributed by atoms with Crippen molar-refractivity contribution in [2.24, 2.45) is 5.10 Å². The van der Waals surface area contributed by atoms with Gasteiger partial charge in [0.25, 0.3) is 5.91 Å². The molecule has 0 saturated carbocycles. The van der Waals surface area contributed by atoms with E-state index in [-0.39, 0.29) is 10.7 Å². The second-order valence-electron chi connectivity index (χ2n) is 5.83. The summed E-state index contributed by atoms with van der Waals surface area (Å²) in [5, 5.41) is 4.46. The summed E-state index contributed by atoms with van der Waals surface area (Å²) in [5.41, 5.74) is 3.79. The van der Waals surface area contributed by atoms with Crippen molar-refractivity contribution in [3.8, 4) is 5.75 Å². The molecule has 2 rings (SSSR count). The van der Waals surface area contributed by atoms with Crippen molar-refractivity contribution in [2.45, 2.75) is 6.92 Å². The van der Waals surface area contributed by atoms with E-state index in [9.17, 15) is 13.2 Å². The summed E-state index contributed by atoms with van der Waals surface area (Å²) < 4.78 is 30.3. The maximum Gasteiger partial charge on any atom is 0.260 e. The number of hydrogen-bond donors (Lipinski definition) is 1. The number of ether oxygens (including phenoxy) is 1. The molecule has 2 aromatic carbocycles. The lowest BCUT2D eigenvalue weighted by molar-refractivity contribution is -0.119. The molecule has 0 aliphatic heterocycles. The molecule has 0 atom stereocenters. The fraction of sp³-hybridized carbons (Fsp3) is 0.222. The first-order chi connectivity index (χ1) is 13.1. The number of hydrazone groups is 1. The average molecular weight is 444 g/mol. The van der Waals surface area contributed by atoms with Gasteiger partial charge in [0.2, 0.25) is 10.0 Å². The van der Waals surface area contributed by atoms with Crippen LogP contribution in [0.25, 0.3) is 0 Å². The van der Waals surface area contributed by atoms with Gasteiger partial charge in [-0.1, -0.05) is 23.2 Å². The minimum absolute atomic E-state index is 0.114. The molecule has 150 valence electrons. The Labute approximate surface area is 173 Å². The maximum absolute atomic E-state index is 12.3. The fourth-order valence-electron chi connectivity index (χ4n) is 2.27. The molecule has 7 nitrogen and oxygen atoms in total. The Morgan fingerprint density at radius 3 is 2.39 bits per heavy atom. The van der Waals surface area contributed by atoms with Crippen LogP contribution in [0.1, 0.15) is 12.5 Å². The second-order valence-corrected chi connectivity index (χ2v) is 8.58. The number of nitrogens with zero attached hydrogens (tertiary/aromatic N) is 2. The fourth-order valence-corrected chi connectivity index (χ4v) is 3.56. The molecule has 0 aromatic heterocycles. The van der Waals surface area contributed by atoms with E-state index in [1.165, 1.54) is 18.2 Å². The van der Waals surface area contributed by atoms with Crippen molar-refractivity contribution in [3.05, 3.63) is 58.1 Å². The summed E-state index contributed by atoms with van der Waals surface area (Å²) in [4.78, 5) is 12.3. The molecule has 0 radical (unpaired) electrons. The van der Waals surface area contributed by atoms with Crippen LogP contribution in [-0.2, 0) is 14.8 Å². The first-order valence-corrected chi connectivity index (χ1v) is 10.6. The van der Waals surface area contributed by atoms with Crippen LogP contribution in [0.5, 0.6) is 5.75 Å². The molecule has 1 N–H and O–H groups in total. The molecule has 0 heterocycles. The SMILES string of the molecule is COc1ccc(/C(C)=N\NC(=O)CN(c2cc(Cl)ccc2Cl)S(C)(=O)=O)cc1. The zero-order chi connectivity index (χ0) is 20.9. The zero-order valence-electron chi connectivity index (χ0n) is 15.4. The monoisotopic (exact) mass is 443 g/mol. The van der Waals surface area contributed by atoms with Crippen LogP contribution in [0.3, 0.4) is 0 Å². The molecule has 0 aliphatic carbocycles. The average Bonchev–Trinajstić information content (AvgIpc) is 2.65. The van der Waals surface area contributed by atoms with Crippen molar-refractivity contribution < 1.29 is 17.9 Å². The van der Waals surface area contributed by atoms with Gasteiger partial charge in [-0.15, -0.1) is 0 Å². The Hall–Kier alpha value is -2.29. The van der Waals surface area contributed by atoms with Crippen LogP contribution in [-0.4, -0.2) is 39.9 Å². The van der Waals surface area contributed by atoms with Gasteiger partial charge in [-0.3, -0.25) is 9.10 Å². The molecule has 10 heteroatoms. The molecule has 0 aliphatic rings. The number of benzene rings is 2. The third-order valence-corrected chi connectivity index (χ3v) is 5.40. The normalized spacial score (nSPS) is 11.8. The van der Waals surface area contributed by atoms with Gasteiger partial charge in [0.1, 0.15) is 12.3 Å². The predicted octanol–water partition coefficient (Wildman–Crippen LogP) is 3.31. The van der Waals surface area contributed by atoms with E-state index in [2.05, 4.69) is 10.5 Å². The summed E-state index contributed by atoms with van der Waals surface area (Å²) in [6.07, 6.45) is 0.976. The number of carbonyl (C=O) groups is 1. The highest BCUT2D eigenvalue weighted by Gasteiger charge is 2.23. The summed E-state index contributed by atoms with van der Waals surface area (Å²) in [6, 6.07) is 11.5. The maximum atomic E-state index is 12.3. The van der Waals surface area contributed by atoms with Gasteiger partial charge in [0.15, 0.2) is 0 Å². The summed E-state index contributed by atoms with van der Waals surface area (Å²) in [7, 11) is -2.22. The second kappa shape index (κ2) is 9.27.